The van der Waals surface area contributed by atoms with Crippen molar-refractivity contribution in [1.82, 2.24) is 0 Å². The lowest BCUT2D eigenvalue weighted by Crippen LogP contribution is -2.24. The SMILES string of the molecule is COc1ccc(N(C)C(=O)/C=C/c2ccc(N3CCCS3(=O)=O)cc2)cc1OC. The molecule has 1 amide bonds. The molecule has 1 saturated heterocycles. The van der Waals surface area contributed by atoms with E-state index in [1.165, 1.54) is 15.3 Å². The summed E-state index contributed by atoms with van der Waals surface area (Å²) in [6, 6.07) is 12.4. The maximum Gasteiger partial charge on any atom is 0.250 e. The zero-order valence-electron chi connectivity index (χ0n) is 16.7. The van der Waals surface area contributed by atoms with E-state index in [4.69, 9.17) is 9.47 Å². The lowest BCUT2D eigenvalue weighted by molar-refractivity contribution is -0.113. The third kappa shape index (κ3) is 4.54. The molecule has 1 fully saturated rings. The van der Waals surface area contributed by atoms with Crippen molar-refractivity contribution in [2.24, 2.45) is 0 Å². The van der Waals surface area contributed by atoms with E-state index < -0.39 is 10.0 Å². The van der Waals surface area contributed by atoms with Gasteiger partial charge < -0.3 is 14.4 Å². The van der Waals surface area contributed by atoms with Gasteiger partial charge in [0.05, 0.1) is 25.7 Å². The van der Waals surface area contributed by atoms with Gasteiger partial charge >= 0.3 is 0 Å². The fraction of sp³-hybridized carbons (Fsp3) is 0.286. The summed E-state index contributed by atoms with van der Waals surface area (Å²) < 4.78 is 35.9. The highest BCUT2D eigenvalue weighted by Gasteiger charge is 2.28. The zero-order valence-corrected chi connectivity index (χ0v) is 17.5. The monoisotopic (exact) mass is 416 g/mol. The summed E-state index contributed by atoms with van der Waals surface area (Å²) in [5, 5.41) is 0. The molecule has 1 aliphatic heterocycles. The van der Waals surface area contributed by atoms with E-state index in [0.29, 0.717) is 35.8 Å². The Balaban J connectivity index is 1.70. The molecule has 0 unspecified atom stereocenters. The molecule has 0 radical (unpaired) electrons. The second-order valence-electron chi connectivity index (χ2n) is 6.60. The number of methoxy groups -OCH3 is 2. The summed E-state index contributed by atoms with van der Waals surface area (Å²) in [4.78, 5) is 14.0. The van der Waals surface area contributed by atoms with Crippen molar-refractivity contribution in [3.05, 3.63) is 54.1 Å². The van der Waals surface area contributed by atoms with Crippen molar-refractivity contribution < 1.29 is 22.7 Å². The van der Waals surface area contributed by atoms with Crippen LogP contribution >= 0.6 is 0 Å². The van der Waals surface area contributed by atoms with Gasteiger partial charge in [-0.3, -0.25) is 9.10 Å². The third-order valence-electron chi connectivity index (χ3n) is 4.78. The van der Waals surface area contributed by atoms with Crippen molar-refractivity contribution >= 4 is 33.4 Å². The van der Waals surface area contributed by atoms with Gasteiger partial charge in [0.15, 0.2) is 11.5 Å². The topological polar surface area (TPSA) is 76.2 Å². The number of amides is 1. The van der Waals surface area contributed by atoms with Crippen LogP contribution in [0.1, 0.15) is 12.0 Å². The maximum absolute atomic E-state index is 12.5. The lowest BCUT2D eigenvalue weighted by Gasteiger charge is -2.17. The summed E-state index contributed by atoms with van der Waals surface area (Å²) in [5.74, 6) is 1.11. The Morgan fingerprint density at radius 2 is 1.76 bits per heavy atom. The summed E-state index contributed by atoms with van der Waals surface area (Å²) in [6.45, 7) is 0.506. The van der Waals surface area contributed by atoms with Gasteiger partial charge in [0, 0.05) is 31.4 Å². The number of carbonyl (C=O) groups is 1. The van der Waals surface area contributed by atoms with Crippen LogP contribution in [0.2, 0.25) is 0 Å². The molecule has 8 heteroatoms. The zero-order chi connectivity index (χ0) is 21.0. The van der Waals surface area contributed by atoms with Crippen molar-refractivity contribution in [3.63, 3.8) is 0 Å². The van der Waals surface area contributed by atoms with E-state index in [-0.39, 0.29) is 11.7 Å². The van der Waals surface area contributed by atoms with Gasteiger partial charge in [-0.05, 0) is 42.3 Å². The van der Waals surface area contributed by atoms with E-state index in [0.717, 1.165) is 5.56 Å². The Morgan fingerprint density at radius 1 is 1.07 bits per heavy atom. The van der Waals surface area contributed by atoms with Crippen molar-refractivity contribution in [2.75, 3.05) is 42.8 Å². The molecule has 0 atom stereocenters. The number of hydrogen-bond acceptors (Lipinski definition) is 5. The van der Waals surface area contributed by atoms with Gasteiger partial charge in [-0.25, -0.2) is 8.42 Å². The predicted molar refractivity (Wildman–Crippen MR) is 114 cm³/mol. The Bertz CT molecular complexity index is 1020. The standard InChI is InChI=1S/C21H24N2O5S/c1-22(18-10-11-19(27-2)20(15-18)28-3)21(24)12-7-16-5-8-17(9-6-16)23-13-4-14-29(23,25)26/h5-12,15H,4,13-14H2,1-3H3/b12-7+. The van der Waals surface area contributed by atoms with Gasteiger partial charge in [0.1, 0.15) is 0 Å². The largest absolute Gasteiger partial charge is 0.493 e. The maximum atomic E-state index is 12.5. The van der Waals surface area contributed by atoms with Crippen molar-refractivity contribution in [2.45, 2.75) is 6.42 Å². The van der Waals surface area contributed by atoms with E-state index in [1.807, 2.05) is 0 Å². The first-order valence-electron chi connectivity index (χ1n) is 9.14. The molecule has 3 rings (SSSR count). The number of anilines is 2. The molecule has 2 aromatic rings. The number of nitrogens with zero attached hydrogens (tertiary/aromatic N) is 2. The van der Waals surface area contributed by atoms with E-state index >= 15 is 0 Å². The highest BCUT2D eigenvalue weighted by Crippen LogP contribution is 2.31. The fourth-order valence-corrected chi connectivity index (χ4v) is 4.69. The van der Waals surface area contributed by atoms with Gasteiger partial charge in [-0.1, -0.05) is 12.1 Å². The molecule has 1 heterocycles. The number of likely N-dealkylation sites (N-methyl/N-ethyl adjacent to an activating group) is 1. The molecule has 0 spiro atoms. The van der Waals surface area contributed by atoms with Crippen molar-refractivity contribution in [3.8, 4) is 11.5 Å². The van der Waals surface area contributed by atoms with Crippen LogP contribution in [0.15, 0.2) is 48.5 Å². The first-order valence-corrected chi connectivity index (χ1v) is 10.7. The molecule has 0 saturated carbocycles. The molecule has 2 aromatic carbocycles. The molecule has 29 heavy (non-hydrogen) atoms. The second-order valence-corrected chi connectivity index (χ2v) is 8.62. The van der Waals surface area contributed by atoms with Crippen LogP contribution in [0.5, 0.6) is 11.5 Å². The van der Waals surface area contributed by atoms with Crippen LogP contribution in [0.3, 0.4) is 0 Å². The normalized spacial score (nSPS) is 15.5. The number of sulfonamides is 1. The summed E-state index contributed by atoms with van der Waals surface area (Å²) in [6.07, 6.45) is 3.81. The highest BCUT2D eigenvalue weighted by atomic mass is 32.2. The molecule has 1 aliphatic rings. The number of hydrogen-bond donors (Lipinski definition) is 0. The summed E-state index contributed by atoms with van der Waals surface area (Å²) in [7, 11) is 1.58. The van der Waals surface area contributed by atoms with Crippen molar-refractivity contribution in [1.29, 1.82) is 0 Å². The minimum Gasteiger partial charge on any atom is -0.493 e. The minimum atomic E-state index is -3.20. The van der Waals surface area contributed by atoms with Gasteiger partial charge in [-0.15, -0.1) is 0 Å². The molecular formula is C21H24N2O5S. The second kappa shape index (κ2) is 8.57. The number of rotatable bonds is 6. The highest BCUT2D eigenvalue weighted by molar-refractivity contribution is 7.93. The van der Waals surface area contributed by atoms with Crippen LogP contribution in [-0.2, 0) is 14.8 Å². The Morgan fingerprint density at radius 3 is 2.34 bits per heavy atom. The van der Waals surface area contributed by atoms with Gasteiger partial charge in [-0.2, -0.15) is 0 Å². The van der Waals surface area contributed by atoms with Crippen LogP contribution in [0.25, 0.3) is 6.08 Å². The number of benzene rings is 2. The fourth-order valence-electron chi connectivity index (χ4n) is 3.12. The lowest BCUT2D eigenvalue weighted by atomic mass is 10.2. The average Bonchev–Trinajstić information content (AvgIpc) is 3.10. The van der Waals surface area contributed by atoms with Crippen LogP contribution < -0.4 is 18.7 Å². The van der Waals surface area contributed by atoms with Crippen LogP contribution in [-0.4, -0.2) is 47.9 Å². The predicted octanol–water partition coefficient (Wildman–Crippen LogP) is 2.92. The minimum absolute atomic E-state index is 0.186. The van der Waals surface area contributed by atoms with Crippen LogP contribution in [0, 0.1) is 0 Å². The Kier molecular flexibility index (Phi) is 6.12. The molecule has 0 bridgehead atoms. The first kappa shape index (κ1) is 20.7. The number of ether oxygens (including phenoxy) is 2. The number of carbonyl (C=O) groups excluding carboxylic acids is 1. The van der Waals surface area contributed by atoms with E-state index in [2.05, 4.69) is 0 Å². The smallest absolute Gasteiger partial charge is 0.250 e. The molecule has 7 nitrogen and oxygen atoms in total. The molecule has 0 aromatic heterocycles. The third-order valence-corrected chi connectivity index (χ3v) is 6.65. The Hall–Kier alpha value is -3.00. The van der Waals surface area contributed by atoms with Gasteiger partial charge in [0.2, 0.25) is 10.0 Å². The Labute approximate surface area is 171 Å². The average molecular weight is 416 g/mol. The quantitative estimate of drug-likeness (QED) is 0.677. The molecule has 154 valence electrons. The molecular weight excluding hydrogens is 392 g/mol. The first-order chi connectivity index (χ1) is 13.9. The molecule has 0 aliphatic carbocycles. The van der Waals surface area contributed by atoms with Gasteiger partial charge in [0.25, 0.3) is 5.91 Å². The summed E-state index contributed by atoms with van der Waals surface area (Å²) >= 11 is 0. The van der Waals surface area contributed by atoms with E-state index in [9.17, 15) is 13.2 Å². The van der Waals surface area contributed by atoms with E-state index in [1.54, 1.807) is 69.8 Å². The summed E-state index contributed by atoms with van der Waals surface area (Å²) in [5.41, 5.74) is 2.12. The van der Waals surface area contributed by atoms with Crippen LogP contribution in [0.4, 0.5) is 11.4 Å². The molecule has 0 N–H and O–H groups in total.